The monoisotopic (exact) mass is 299 g/mol. The molecule has 0 radical (unpaired) electrons. The Bertz CT molecular complexity index is 85.0. The number of carboxylic acids is 1. The molecule has 0 aromatic carbocycles. The summed E-state index contributed by atoms with van der Waals surface area (Å²) in [6.07, 6.45) is 1.15. The van der Waals surface area contributed by atoms with Gasteiger partial charge in [-0.05, 0) is 7.05 Å². The molecule has 52 valence electrons. The van der Waals surface area contributed by atoms with Crippen LogP contribution in [0.15, 0.2) is 0 Å². The Morgan fingerprint density at radius 2 is 2.33 bits per heavy atom. The molecule has 0 aromatic rings. The summed E-state index contributed by atoms with van der Waals surface area (Å²) in [5.41, 5.74) is 0. The number of carbonyl (C=O) groups is 1. The largest absolute Gasteiger partial charge is 2.00 e. The Morgan fingerprint density at radius 1 is 1.89 bits per heavy atom. The average Bonchev–Trinajstić information content (AvgIpc) is 1.61. The fourth-order valence-corrected chi connectivity index (χ4v) is 0.234. The molecule has 0 aromatic heterocycles. The first-order chi connectivity index (χ1) is 3.63. The number of carboxylic acid groups (broad SMARTS) is 1. The van der Waals surface area contributed by atoms with Crippen molar-refractivity contribution in [2.45, 2.75) is 0 Å². The van der Waals surface area contributed by atoms with Crippen LogP contribution in [0.4, 0.5) is 0 Å². The van der Waals surface area contributed by atoms with Crippen molar-refractivity contribution in [2.75, 3.05) is 13.6 Å². The molecule has 0 aliphatic heterocycles. The van der Waals surface area contributed by atoms with E-state index in [2.05, 4.69) is 7.05 Å². The molecule has 0 saturated carbocycles. The van der Waals surface area contributed by atoms with Gasteiger partial charge in [-0.2, -0.15) is 0 Å². The molecule has 0 atom stereocenters. The summed E-state index contributed by atoms with van der Waals surface area (Å²) in [6.45, 7) is 0.384. The van der Waals surface area contributed by atoms with Crippen molar-refractivity contribution in [1.29, 1.82) is 0 Å². The Labute approximate surface area is 69.3 Å². The van der Waals surface area contributed by atoms with Crippen LogP contribution in [0.1, 0.15) is 0 Å². The van der Waals surface area contributed by atoms with Crippen molar-refractivity contribution < 1.29 is 31.0 Å². The predicted molar refractivity (Wildman–Crippen MR) is 29.9 cm³/mol. The fraction of sp³-hybridized carbons (Fsp3) is 0.400. The van der Waals surface area contributed by atoms with E-state index < -0.39 is 5.97 Å². The molecule has 0 aliphatic rings. The van der Waals surface area contributed by atoms with E-state index in [0.29, 0.717) is 6.54 Å². The SMILES string of the molecule is [CH2-]N(C)C[CH-]C(=O)O.[W+2]. The van der Waals surface area contributed by atoms with Gasteiger partial charge >= 0.3 is 21.1 Å². The summed E-state index contributed by atoms with van der Waals surface area (Å²) in [7, 11) is 5.16. The van der Waals surface area contributed by atoms with E-state index >= 15 is 0 Å². The average molecular weight is 299 g/mol. The molecule has 0 fully saturated rings. The first-order valence-corrected chi connectivity index (χ1v) is 2.20. The minimum Gasteiger partial charge on any atom is -0.503 e. The zero-order valence-electron chi connectivity index (χ0n) is 5.20. The zero-order chi connectivity index (χ0) is 6.57. The van der Waals surface area contributed by atoms with E-state index in [1.807, 2.05) is 0 Å². The van der Waals surface area contributed by atoms with E-state index in [1.54, 1.807) is 7.05 Å². The molecular weight excluding hydrogens is 290 g/mol. The third-order valence-corrected chi connectivity index (χ3v) is 0.578. The maximum atomic E-state index is 9.79. The third-order valence-electron chi connectivity index (χ3n) is 0.578. The maximum absolute atomic E-state index is 9.79. The van der Waals surface area contributed by atoms with Crippen molar-refractivity contribution in [3.8, 4) is 0 Å². The molecule has 0 unspecified atom stereocenters. The third kappa shape index (κ3) is 11.5. The van der Waals surface area contributed by atoms with Crippen LogP contribution in [0.3, 0.4) is 0 Å². The summed E-state index contributed by atoms with van der Waals surface area (Å²) in [6, 6.07) is 0. The summed E-state index contributed by atoms with van der Waals surface area (Å²) in [5, 5.41) is 8.05. The molecule has 0 rings (SSSR count). The quantitative estimate of drug-likeness (QED) is 0.746. The van der Waals surface area contributed by atoms with Crippen molar-refractivity contribution >= 4 is 5.97 Å². The molecule has 4 heteroatoms. The standard InChI is InChI=1S/C5H9NO2.W/c1-6(2)4-3-5(7)8;/h3H,1,4H2,2H3,(H,7,8);/q-2;+2. The topological polar surface area (TPSA) is 40.5 Å². The second kappa shape index (κ2) is 6.11. The minimum absolute atomic E-state index is 0. The van der Waals surface area contributed by atoms with Crippen LogP contribution >= 0.6 is 0 Å². The Balaban J connectivity index is 0. The number of hydrogen-bond acceptors (Lipinski definition) is 2. The molecule has 1 N–H and O–H groups in total. The van der Waals surface area contributed by atoms with Crippen LogP contribution in [0.2, 0.25) is 0 Å². The Hall–Kier alpha value is -0.0117. The van der Waals surface area contributed by atoms with Crippen LogP contribution in [-0.4, -0.2) is 29.6 Å². The molecule has 0 bridgehead atoms. The van der Waals surface area contributed by atoms with Gasteiger partial charge in [-0.15, -0.1) is 6.54 Å². The predicted octanol–water partition coefficient (Wildman–Crippen LogP) is -0.00382. The van der Waals surface area contributed by atoms with E-state index in [9.17, 15) is 4.79 Å². The Morgan fingerprint density at radius 3 is 2.44 bits per heavy atom. The van der Waals surface area contributed by atoms with Gasteiger partial charge in [0, 0.05) is 0 Å². The van der Waals surface area contributed by atoms with Crippen molar-refractivity contribution in [2.24, 2.45) is 0 Å². The van der Waals surface area contributed by atoms with Gasteiger partial charge < -0.3 is 10.0 Å². The molecule has 0 saturated heterocycles. The van der Waals surface area contributed by atoms with E-state index in [0.717, 1.165) is 6.42 Å². The van der Waals surface area contributed by atoms with Crippen LogP contribution in [0.25, 0.3) is 0 Å². The molecule has 0 amide bonds. The van der Waals surface area contributed by atoms with Gasteiger partial charge in [-0.25, -0.2) is 0 Å². The van der Waals surface area contributed by atoms with Gasteiger partial charge in [-0.1, -0.05) is 0 Å². The first-order valence-electron chi connectivity index (χ1n) is 2.20. The van der Waals surface area contributed by atoms with Gasteiger partial charge in [0.05, 0.1) is 0 Å². The number of hydrogen-bond donors (Lipinski definition) is 1. The number of aliphatic carboxylic acids is 1. The normalized spacial score (nSPS) is 8.33. The van der Waals surface area contributed by atoms with Crippen LogP contribution in [0.5, 0.6) is 0 Å². The van der Waals surface area contributed by atoms with Crippen molar-refractivity contribution in [3.63, 3.8) is 0 Å². The summed E-state index contributed by atoms with van der Waals surface area (Å²) in [5.74, 6) is -0.902. The second-order valence-electron chi connectivity index (χ2n) is 1.58. The first kappa shape index (κ1) is 11.7. The molecule has 3 nitrogen and oxygen atoms in total. The van der Waals surface area contributed by atoms with Gasteiger partial charge in [0.15, 0.2) is 5.97 Å². The molecule has 0 spiro atoms. The Kier molecular flexibility index (Phi) is 7.98. The molecule has 0 heterocycles. The zero-order valence-corrected chi connectivity index (χ0v) is 8.14. The minimum atomic E-state index is -0.902. The van der Waals surface area contributed by atoms with Gasteiger partial charge in [-0.3, -0.25) is 18.3 Å². The van der Waals surface area contributed by atoms with Crippen LogP contribution < -0.4 is 0 Å². The fourth-order valence-electron chi connectivity index (χ4n) is 0.234. The second-order valence-corrected chi connectivity index (χ2v) is 1.58. The smallest absolute Gasteiger partial charge is 0.503 e. The summed E-state index contributed by atoms with van der Waals surface area (Å²) >= 11 is 0. The summed E-state index contributed by atoms with van der Waals surface area (Å²) in [4.78, 5) is 11.3. The van der Waals surface area contributed by atoms with Gasteiger partial charge in [0.2, 0.25) is 0 Å². The summed E-state index contributed by atoms with van der Waals surface area (Å²) < 4.78 is 0. The van der Waals surface area contributed by atoms with Crippen LogP contribution in [-0.2, 0) is 25.9 Å². The number of nitrogens with zero attached hydrogens (tertiary/aromatic N) is 1. The van der Waals surface area contributed by atoms with Crippen LogP contribution in [0, 0.1) is 13.5 Å². The van der Waals surface area contributed by atoms with Crippen molar-refractivity contribution in [1.82, 2.24) is 4.90 Å². The van der Waals surface area contributed by atoms with Crippen molar-refractivity contribution in [3.05, 3.63) is 13.5 Å². The van der Waals surface area contributed by atoms with Gasteiger partial charge in [0.1, 0.15) is 0 Å². The maximum Gasteiger partial charge on any atom is 2.00 e. The van der Waals surface area contributed by atoms with E-state index in [4.69, 9.17) is 5.11 Å². The number of rotatable bonds is 3. The van der Waals surface area contributed by atoms with Gasteiger partial charge in [0.25, 0.3) is 0 Å². The molecule has 9 heavy (non-hydrogen) atoms. The molecule has 0 aliphatic carbocycles. The van der Waals surface area contributed by atoms with E-state index in [-0.39, 0.29) is 21.1 Å². The molecular formula is C5H9NO2W. The van der Waals surface area contributed by atoms with E-state index in [1.165, 1.54) is 4.90 Å².